The van der Waals surface area contributed by atoms with Gasteiger partial charge in [0.2, 0.25) is 0 Å². The molecule has 0 radical (unpaired) electrons. The van der Waals surface area contributed by atoms with E-state index in [1.54, 1.807) is 0 Å². The molecule has 77 heavy (non-hydrogen) atoms. The van der Waals surface area contributed by atoms with Gasteiger partial charge in [0.15, 0.2) is 11.2 Å². The van der Waals surface area contributed by atoms with Crippen molar-refractivity contribution < 1.29 is 8.83 Å². The van der Waals surface area contributed by atoms with Gasteiger partial charge in [-0.2, -0.15) is 0 Å². The average molecular weight is 1010 g/mol. The zero-order chi connectivity index (χ0) is 51.6. The minimum absolute atomic E-state index is 0.0147. The first kappa shape index (κ1) is 46.7. The summed E-state index contributed by atoms with van der Waals surface area (Å²) >= 11 is 0. The van der Waals surface area contributed by atoms with Crippen LogP contribution in [0.15, 0.2) is 179 Å². The Morgan fingerprint density at radius 1 is 0.390 bits per heavy atom. The molecule has 382 valence electrons. The molecule has 0 saturated heterocycles. The van der Waals surface area contributed by atoms with Gasteiger partial charge in [0.1, 0.15) is 11.2 Å². The predicted octanol–water partition coefficient (Wildman–Crippen LogP) is 22.2. The maximum atomic E-state index is 7.31. The van der Waals surface area contributed by atoms with Crippen molar-refractivity contribution in [3.63, 3.8) is 0 Å². The summed E-state index contributed by atoms with van der Waals surface area (Å²) in [7, 11) is 0. The highest BCUT2D eigenvalue weighted by Crippen LogP contribution is 2.53. The average Bonchev–Trinajstić information content (AvgIpc) is 4.06. The fourth-order valence-corrected chi connectivity index (χ4v) is 14.6. The maximum absolute atomic E-state index is 7.31. The first-order valence-corrected chi connectivity index (χ1v) is 29.1. The van der Waals surface area contributed by atoms with Gasteiger partial charge < -0.3 is 18.6 Å². The van der Waals surface area contributed by atoms with E-state index >= 15 is 0 Å². The van der Waals surface area contributed by atoms with E-state index < -0.39 is 0 Å². The molecule has 12 aromatic rings. The van der Waals surface area contributed by atoms with E-state index in [1.807, 2.05) is 0 Å². The Bertz CT molecular complexity index is 4210. The quantitative estimate of drug-likeness (QED) is 0.135. The van der Waals surface area contributed by atoms with Gasteiger partial charge in [-0.1, -0.05) is 194 Å². The summed E-state index contributed by atoms with van der Waals surface area (Å²) < 4.78 is 14.6. The summed E-state index contributed by atoms with van der Waals surface area (Å²) in [5.74, 6) is 1.05. The molecule has 4 nitrogen and oxygen atoms in total. The van der Waals surface area contributed by atoms with Crippen LogP contribution in [0.2, 0.25) is 0 Å². The Kier molecular flexibility index (Phi) is 10.9. The number of fused-ring (bicyclic) bond motifs is 6. The van der Waals surface area contributed by atoms with Crippen molar-refractivity contribution in [2.45, 2.75) is 134 Å². The van der Waals surface area contributed by atoms with Crippen LogP contribution < -0.4 is 9.80 Å². The lowest BCUT2D eigenvalue weighted by Gasteiger charge is -2.39. The zero-order valence-corrected chi connectivity index (χ0v) is 45.2. The summed E-state index contributed by atoms with van der Waals surface area (Å²) in [4.78, 5) is 4.97. The van der Waals surface area contributed by atoms with Crippen molar-refractivity contribution in [1.29, 1.82) is 0 Å². The molecule has 2 aromatic heterocycles. The first-order chi connectivity index (χ1) is 37.7. The molecule has 0 amide bonds. The van der Waals surface area contributed by atoms with E-state index in [2.05, 4.69) is 207 Å². The number of furan rings is 2. The molecular weight excluding hydrogens is 937 g/mol. The monoisotopic (exact) mass is 1000 g/mol. The SMILES string of the molecule is CC(C)(C)c1ccc(N(c2ccc3ccc4c(N(c5ccc(C6(C)CCC6)cc5)c5cccc6c5oc5c(C7CCCCC7)cccc56)ccc5ccc2c3c54)c2cccc3c2oc2c(C4CCCCC4)cccc23)cc1. The number of para-hydroxylation sites is 4. The predicted molar refractivity (Wildman–Crippen MR) is 326 cm³/mol. The standard InChI is InChI=1S/C73H68N2O2/c1-72(2,3)50-32-36-52(37-33-50)74(64-26-13-24-58-56-22-11-20-54(68(56)76-70(58)64)46-16-7-5-8-17-46)62-42-30-48-29-41-61-63(43-31-49-28-40-60(62)66(48)67(49)61)75(53-38-34-51(35-39-53)73(4)44-15-45-73)65-27-14-25-59-57-23-12-21-55(69(57)77-71(59)65)47-18-9-6-10-19-47/h11-14,20-43,46-47H,5-10,15-19,44-45H2,1-4H3. The van der Waals surface area contributed by atoms with Crippen LogP contribution in [0.3, 0.4) is 0 Å². The van der Waals surface area contributed by atoms with Crippen LogP contribution >= 0.6 is 0 Å². The van der Waals surface area contributed by atoms with Crippen molar-refractivity contribution in [2.24, 2.45) is 0 Å². The molecule has 3 aliphatic rings. The van der Waals surface area contributed by atoms with Crippen LogP contribution in [0, 0.1) is 0 Å². The molecule has 0 atom stereocenters. The molecular formula is C73H68N2O2. The Labute approximate surface area is 452 Å². The zero-order valence-electron chi connectivity index (χ0n) is 45.2. The largest absolute Gasteiger partial charge is 0.454 e. The molecule has 15 rings (SSSR count). The molecule has 4 heteroatoms. The highest BCUT2D eigenvalue weighted by Gasteiger charge is 2.34. The van der Waals surface area contributed by atoms with Gasteiger partial charge in [0.25, 0.3) is 0 Å². The summed E-state index contributed by atoms with van der Waals surface area (Å²) in [6.45, 7) is 9.32. The third-order valence-corrected chi connectivity index (χ3v) is 19.0. The van der Waals surface area contributed by atoms with Crippen molar-refractivity contribution in [3.8, 4) is 0 Å². The Morgan fingerprint density at radius 2 is 0.805 bits per heavy atom. The third-order valence-electron chi connectivity index (χ3n) is 19.0. The van der Waals surface area contributed by atoms with Crippen molar-refractivity contribution >= 4 is 110 Å². The van der Waals surface area contributed by atoms with Gasteiger partial charge >= 0.3 is 0 Å². The van der Waals surface area contributed by atoms with Crippen molar-refractivity contribution in [3.05, 3.63) is 192 Å². The normalized spacial score (nSPS) is 16.7. The summed E-state index contributed by atoms with van der Waals surface area (Å²) in [6, 6.07) is 64.9. The van der Waals surface area contributed by atoms with Crippen LogP contribution in [0.25, 0.3) is 76.2 Å². The summed E-state index contributed by atoms with van der Waals surface area (Å²) in [5, 5.41) is 12.1. The smallest absolute Gasteiger partial charge is 0.159 e. The molecule has 2 heterocycles. The molecule has 0 bridgehead atoms. The van der Waals surface area contributed by atoms with E-state index in [9.17, 15) is 0 Å². The van der Waals surface area contributed by atoms with E-state index in [4.69, 9.17) is 8.83 Å². The molecule has 3 aliphatic carbocycles. The Hall–Kier alpha value is -7.56. The topological polar surface area (TPSA) is 32.8 Å². The van der Waals surface area contributed by atoms with Crippen molar-refractivity contribution in [2.75, 3.05) is 9.80 Å². The first-order valence-electron chi connectivity index (χ1n) is 29.1. The number of rotatable bonds is 9. The van der Waals surface area contributed by atoms with Gasteiger partial charge in [0.05, 0.1) is 22.7 Å². The minimum Gasteiger partial charge on any atom is -0.454 e. The van der Waals surface area contributed by atoms with Gasteiger partial charge in [-0.05, 0) is 154 Å². The lowest BCUT2D eigenvalue weighted by atomic mass is 9.66. The molecule has 3 fully saturated rings. The number of hydrogen-bond donors (Lipinski definition) is 0. The second-order valence-electron chi connectivity index (χ2n) is 24.7. The van der Waals surface area contributed by atoms with Crippen molar-refractivity contribution in [1.82, 2.24) is 0 Å². The van der Waals surface area contributed by atoms with Gasteiger partial charge in [-0.3, -0.25) is 0 Å². The minimum atomic E-state index is 0.0147. The van der Waals surface area contributed by atoms with E-state index in [0.717, 1.165) is 61.8 Å². The van der Waals surface area contributed by atoms with Gasteiger partial charge in [-0.15, -0.1) is 0 Å². The number of anilines is 6. The maximum Gasteiger partial charge on any atom is 0.159 e. The fourth-order valence-electron chi connectivity index (χ4n) is 14.6. The van der Waals surface area contributed by atoms with Gasteiger partial charge in [0, 0.05) is 43.7 Å². The molecule has 10 aromatic carbocycles. The highest BCUT2D eigenvalue weighted by atomic mass is 16.3. The molecule has 0 aliphatic heterocycles. The molecule has 3 saturated carbocycles. The summed E-state index contributed by atoms with van der Waals surface area (Å²) in [6.07, 6.45) is 16.5. The molecule has 0 unspecified atom stereocenters. The van der Waals surface area contributed by atoms with Gasteiger partial charge in [-0.25, -0.2) is 0 Å². The lowest BCUT2D eigenvalue weighted by molar-refractivity contribution is 0.272. The Balaban J connectivity index is 0.949. The fraction of sp³-hybridized carbons (Fsp3) is 0.288. The number of nitrogens with zero attached hydrogens (tertiary/aromatic N) is 2. The highest BCUT2D eigenvalue weighted by molar-refractivity contribution is 6.29. The number of hydrogen-bond acceptors (Lipinski definition) is 4. The van der Waals surface area contributed by atoms with E-state index in [0.29, 0.717) is 11.8 Å². The van der Waals surface area contributed by atoms with Crippen LogP contribution in [0.5, 0.6) is 0 Å². The van der Waals surface area contributed by atoms with Crippen LogP contribution in [0.1, 0.15) is 145 Å². The van der Waals surface area contributed by atoms with E-state index in [-0.39, 0.29) is 10.8 Å². The van der Waals surface area contributed by atoms with E-state index in [1.165, 1.54) is 154 Å². The second-order valence-corrected chi connectivity index (χ2v) is 24.7. The lowest BCUT2D eigenvalue weighted by Crippen LogP contribution is -2.30. The third kappa shape index (κ3) is 7.52. The molecule has 0 N–H and O–H groups in total. The Morgan fingerprint density at radius 3 is 1.23 bits per heavy atom. The molecule has 0 spiro atoms. The second kappa shape index (κ2) is 18.0. The van der Waals surface area contributed by atoms with Crippen LogP contribution in [-0.2, 0) is 10.8 Å². The number of benzene rings is 10. The van der Waals surface area contributed by atoms with Crippen LogP contribution in [-0.4, -0.2) is 0 Å². The summed E-state index contributed by atoms with van der Waals surface area (Å²) in [5.41, 5.74) is 16.3. The van der Waals surface area contributed by atoms with Crippen LogP contribution in [0.4, 0.5) is 34.1 Å².